The Balaban J connectivity index is -0.0000000310. The monoisotopic (exact) mass is 675 g/mol. The number of carbonyl (C=O) groups is 9. The largest absolute Gasteiger partial charge is 3.00 e. The number of carboxylic acids is 6. The van der Waals surface area contributed by atoms with Crippen LogP contribution in [0.2, 0.25) is 0 Å². The van der Waals surface area contributed by atoms with Crippen molar-refractivity contribution in [3.8, 4) is 0 Å². The Labute approximate surface area is 269 Å². The van der Waals surface area contributed by atoms with Crippen molar-refractivity contribution in [2.45, 2.75) is 62.3 Å². The van der Waals surface area contributed by atoms with Crippen molar-refractivity contribution in [3.63, 3.8) is 0 Å². The van der Waals surface area contributed by atoms with E-state index >= 15 is 0 Å². The second-order valence-electron chi connectivity index (χ2n) is 4.92. The number of hydrogen-bond acceptors (Lipinski definition) is 24. The van der Waals surface area contributed by atoms with Crippen LogP contribution in [0.3, 0.4) is 0 Å². The van der Waals surface area contributed by atoms with Crippen molar-refractivity contribution in [1.29, 1.82) is 0 Å². The maximum Gasteiger partial charge on any atom is 3.00 e. The minimum absolute atomic E-state index is 0. The molecule has 0 radical (unpaired) electrons. The molecule has 0 saturated heterocycles. The molecule has 0 aromatic rings. The van der Waals surface area contributed by atoms with Gasteiger partial charge in [-0.2, -0.15) is 0 Å². The number of rotatable bonds is 3. The summed E-state index contributed by atoms with van der Waals surface area (Å²) < 4.78 is 0. The van der Waals surface area contributed by atoms with Gasteiger partial charge in [-0.05, 0) is 41.5 Å². The summed E-state index contributed by atoms with van der Waals surface area (Å²) in [5.74, 6) is -8.57. The molecule has 26 heteroatoms. The molecule has 0 aromatic heterocycles. The Morgan fingerprint density at radius 2 is 0.409 bits per heavy atom. The fourth-order valence-corrected chi connectivity index (χ4v) is 0.157. The van der Waals surface area contributed by atoms with Gasteiger partial charge < -0.3 is 59.4 Å². The molecule has 0 rings (SSSR count). The van der Waals surface area contributed by atoms with Gasteiger partial charge in [0.15, 0.2) is 16.0 Å². The Morgan fingerprint density at radius 3 is 0.409 bits per heavy atom. The molecule has 0 aromatic carbocycles. The van der Waals surface area contributed by atoms with Crippen LogP contribution in [0.1, 0.15) is 62.3 Å². The summed E-state index contributed by atoms with van der Waals surface area (Å²) >= 11 is 0. The zero-order chi connectivity index (χ0) is 36.4. The van der Waals surface area contributed by atoms with Gasteiger partial charge in [0.1, 0.15) is 0 Å². The van der Waals surface area contributed by atoms with Gasteiger partial charge in [-0.25, -0.2) is 14.4 Å². The van der Waals surface area contributed by atoms with Crippen molar-refractivity contribution >= 4 is 88.4 Å². The molecule has 0 bridgehead atoms. The average Bonchev–Trinajstić information content (AvgIpc) is 2.66. The first kappa shape index (κ1) is 71.9. The Kier molecular flexibility index (Phi) is 108. The van der Waals surface area contributed by atoms with Crippen LogP contribution in [0.4, 0.5) is 0 Å². The second kappa shape index (κ2) is 66.4. The first-order chi connectivity index (χ1) is 18.7. The molecule has 0 amide bonds. The van der Waals surface area contributed by atoms with E-state index in [1.54, 1.807) is 0 Å². The molecular weight excluding hydrogens is 648 g/mol. The van der Waals surface area contributed by atoms with Crippen LogP contribution in [-0.4, -0.2) is 88.4 Å². The number of nitrogens with zero attached hydrogens (tertiary/aromatic N) is 3. The molecule has 44 heavy (non-hydrogen) atoms. The summed E-state index contributed by atoms with van der Waals surface area (Å²) in [6, 6.07) is 0. The van der Waals surface area contributed by atoms with E-state index in [0.29, 0.717) is 0 Å². The zero-order valence-electron chi connectivity index (χ0n) is 24.6. The first-order valence-electron chi connectivity index (χ1n) is 9.27. The van der Waals surface area contributed by atoms with Crippen LogP contribution >= 0.6 is 0 Å². The van der Waals surface area contributed by atoms with E-state index in [1.807, 2.05) is 16.0 Å². The van der Waals surface area contributed by atoms with E-state index in [-0.39, 0.29) is 34.7 Å². The van der Waals surface area contributed by atoms with Gasteiger partial charge in [0.05, 0.1) is 0 Å². The average molecular weight is 675 g/mol. The summed E-state index contributed by atoms with van der Waals surface area (Å²) in [6.07, 6.45) is 0. The van der Waals surface area contributed by atoms with Gasteiger partial charge in [-0.15, -0.1) is 14.7 Å². The SMILES string of the molecule is CC(=O)ON=O.CC(=O)ON=O.CC(=O)ON=O.CC(=O)[O-].CC(=O)[O-].CC(=O)[O-].CC(=O)[O-].CC(=O)[O-].CC(=O)[O-].[Al+3].[Al+3]. The van der Waals surface area contributed by atoms with Crippen LogP contribution < -0.4 is 30.6 Å². The minimum atomic E-state index is -1.08. The van der Waals surface area contributed by atoms with Gasteiger partial charge in [0.25, 0.3) is 0 Å². The van der Waals surface area contributed by atoms with Crippen LogP contribution in [-0.2, 0) is 57.7 Å². The molecule has 0 heterocycles. The molecule has 0 saturated carbocycles. The maximum absolute atomic E-state index is 9.53. The zero-order valence-corrected chi connectivity index (χ0v) is 26.9. The quantitative estimate of drug-likeness (QED) is 0.152. The van der Waals surface area contributed by atoms with E-state index in [1.165, 1.54) is 0 Å². The fourth-order valence-electron chi connectivity index (χ4n) is 0.157. The van der Waals surface area contributed by atoms with Crippen LogP contribution in [0.15, 0.2) is 16.0 Å². The molecule has 0 fully saturated rings. The van der Waals surface area contributed by atoms with E-state index < -0.39 is 53.7 Å². The fraction of sp³-hybridized carbons (Fsp3) is 0.500. The summed E-state index contributed by atoms with van der Waals surface area (Å²) in [5.41, 5.74) is 0. The standard InChI is InChI=1S/3C2H3NO3.6C2H4O2.2Al/c3*1-2(4)6-3-5;6*1-2(3)4;;/h3*1H3;6*1H3,(H,3,4);;/q;;;;;;;;;2*+3/p-6. The van der Waals surface area contributed by atoms with Gasteiger partial charge in [-0.1, -0.05) is 0 Å². The topological polar surface area (TPSA) is 408 Å². The van der Waals surface area contributed by atoms with E-state index in [0.717, 1.165) is 62.3 Å². The number of carboxylic acid groups (broad SMARTS) is 6. The Bertz CT molecular complexity index is 657. The molecular formula is C18H27Al2N3O21. The van der Waals surface area contributed by atoms with Gasteiger partial charge in [0, 0.05) is 56.6 Å². The first-order valence-corrected chi connectivity index (χ1v) is 9.27. The molecule has 0 aliphatic heterocycles. The predicted octanol–water partition coefficient (Wildman–Crippen LogP) is -7.53. The number of carbonyl (C=O) groups excluding carboxylic acids is 9. The van der Waals surface area contributed by atoms with Crippen molar-refractivity contribution in [2.75, 3.05) is 0 Å². The Morgan fingerprint density at radius 1 is 0.341 bits per heavy atom. The molecule has 24 nitrogen and oxygen atoms in total. The molecule has 246 valence electrons. The summed E-state index contributed by atoms with van der Waals surface area (Å²) in [5, 5.41) is 58.8. The van der Waals surface area contributed by atoms with E-state index in [2.05, 4.69) is 14.5 Å². The molecule has 0 aliphatic carbocycles. The van der Waals surface area contributed by atoms with Crippen LogP contribution in [0.5, 0.6) is 0 Å². The Hall–Kier alpha value is -4.91. The molecule has 0 unspecified atom stereocenters. The van der Waals surface area contributed by atoms with E-state index in [9.17, 15) is 14.4 Å². The third-order valence-electron chi connectivity index (χ3n) is 0.497. The van der Waals surface area contributed by atoms with Crippen LogP contribution in [0.25, 0.3) is 0 Å². The third-order valence-corrected chi connectivity index (χ3v) is 0.497. The van der Waals surface area contributed by atoms with E-state index in [4.69, 9.17) is 74.1 Å². The molecule has 0 aliphatic rings. The van der Waals surface area contributed by atoms with Gasteiger partial charge in [-0.3, -0.25) is 14.5 Å². The summed E-state index contributed by atoms with van der Waals surface area (Å²) in [6.45, 7) is 9.13. The normalized spacial score (nSPS) is 6.20. The van der Waals surface area contributed by atoms with Crippen molar-refractivity contribution in [2.24, 2.45) is 16.0 Å². The number of aliphatic carboxylic acids is 6. The predicted molar refractivity (Wildman–Crippen MR) is 128 cm³/mol. The minimum Gasteiger partial charge on any atom is -0.550 e. The van der Waals surface area contributed by atoms with Crippen LogP contribution in [0, 0.1) is 14.7 Å². The third kappa shape index (κ3) is 2880. The summed E-state index contributed by atoms with van der Waals surface area (Å²) in [7, 11) is 0. The van der Waals surface area contributed by atoms with Gasteiger partial charge >= 0.3 is 52.6 Å². The van der Waals surface area contributed by atoms with Crippen molar-refractivity contribution in [1.82, 2.24) is 0 Å². The molecule has 0 spiro atoms. The van der Waals surface area contributed by atoms with Crippen molar-refractivity contribution in [3.05, 3.63) is 14.7 Å². The maximum atomic E-state index is 9.53. The van der Waals surface area contributed by atoms with Gasteiger partial charge in [0.2, 0.25) is 0 Å². The summed E-state index contributed by atoms with van der Waals surface area (Å²) in [4.78, 5) is 119. The smallest absolute Gasteiger partial charge is 0.550 e. The van der Waals surface area contributed by atoms with Crippen molar-refractivity contribution < 1.29 is 88.3 Å². The molecule has 0 atom stereocenters. The number of hydrogen-bond donors (Lipinski definition) is 0. The second-order valence-corrected chi connectivity index (χ2v) is 4.92. The molecule has 0 N–H and O–H groups in total.